The summed E-state index contributed by atoms with van der Waals surface area (Å²) in [5.41, 5.74) is 5.44. The molecule has 0 radical (unpaired) electrons. The van der Waals surface area contributed by atoms with Gasteiger partial charge < -0.3 is 10.6 Å². The van der Waals surface area contributed by atoms with Crippen LogP contribution >= 0.6 is 15.9 Å². The summed E-state index contributed by atoms with van der Waals surface area (Å²) < 4.78 is 1.04. The van der Waals surface area contributed by atoms with Crippen molar-refractivity contribution in [1.82, 2.24) is 15.2 Å². The summed E-state index contributed by atoms with van der Waals surface area (Å²) in [5, 5.41) is 14.5. The van der Waals surface area contributed by atoms with Gasteiger partial charge >= 0.3 is 0 Å². The number of aryl methyl sites for hydroxylation is 3. The lowest BCUT2D eigenvalue weighted by Crippen LogP contribution is -2.03. The van der Waals surface area contributed by atoms with Gasteiger partial charge in [0.2, 0.25) is 5.95 Å². The lowest BCUT2D eigenvalue weighted by Gasteiger charge is -2.10. The van der Waals surface area contributed by atoms with Crippen LogP contribution in [0.4, 0.5) is 23.1 Å². The Balaban J connectivity index is 1.79. The Bertz CT molecular complexity index is 879. The Morgan fingerprint density at radius 3 is 2.50 bits per heavy atom. The van der Waals surface area contributed by atoms with Crippen LogP contribution < -0.4 is 10.6 Å². The van der Waals surface area contributed by atoms with Gasteiger partial charge in [-0.05, 0) is 50.1 Å². The van der Waals surface area contributed by atoms with Crippen molar-refractivity contribution in [3.63, 3.8) is 0 Å². The third kappa shape index (κ3) is 3.89. The monoisotopic (exact) mass is 383 g/mol. The standard InChI is InChI=1S/C18H18BrN5/c1-11-4-7-16(13(3)8-11)22-18-23-17(10-20-24-18)21-14-6-5-12(2)15(19)9-14/h4-10H,1-3H3,(H2,21,22,23,24). The maximum Gasteiger partial charge on any atom is 0.249 e. The molecule has 3 aromatic rings. The quantitative estimate of drug-likeness (QED) is 0.659. The number of hydrogen-bond acceptors (Lipinski definition) is 5. The second-order valence-corrected chi connectivity index (χ2v) is 6.55. The fraction of sp³-hybridized carbons (Fsp3) is 0.167. The molecule has 0 fully saturated rings. The molecule has 0 spiro atoms. The molecular formula is C18H18BrN5. The maximum absolute atomic E-state index is 4.47. The van der Waals surface area contributed by atoms with Crippen LogP contribution in [0.5, 0.6) is 0 Å². The summed E-state index contributed by atoms with van der Waals surface area (Å²) in [7, 11) is 0. The van der Waals surface area contributed by atoms with Crippen molar-refractivity contribution >= 4 is 39.1 Å². The van der Waals surface area contributed by atoms with Crippen molar-refractivity contribution in [3.05, 3.63) is 63.8 Å². The molecular weight excluding hydrogens is 366 g/mol. The number of nitrogens with one attached hydrogen (secondary N) is 2. The summed E-state index contributed by atoms with van der Waals surface area (Å²) in [4.78, 5) is 4.47. The lowest BCUT2D eigenvalue weighted by atomic mass is 10.1. The fourth-order valence-corrected chi connectivity index (χ4v) is 2.69. The van der Waals surface area contributed by atoms with E-state index >= 15 is 0 Å². The minimum atomic E-state index is 0.457. The zero-order valence-corrected chi connectivity index (χ0v) is 15.3. The molecule has 0 bridgehead atoms. The molecule has 2 aromatic carbocycles. The molecule has 0 unspecified atom stereocenters. The molecule has 2 N–H and O–H groups in total. The summed E-state index contributed by atoms with van der Waals surface area (Å²) in [6, 6.07) is 12.2. The van der Waals surface area contributed by atoms with E-state index in [4.69, 9.17) is 0 Å². The average molecular weight is 384 g/mol. The lowest BCUT2D eigenvalue weighted by molar-refractivity contribution is 0.981. The molecule has 3 rings (SSSR count). The van der Waals surface area contributed by atoms with Gasteiger partial charge in [0, 0.05) is 15.8 Å². The Kier molecular flexibility index (Phi) is 4.76. The van der Waals surface area contributed by atoms with Crippen molar-refractivity contribution in [3.8, 4) is 0 Å². The van der Waals surface area contributed by atoms with E-state index in [1.165, 1.54) is 11.1 Å². The molecule has 0 saturated heterocycles. The Morgan fingerprint density at radius 2 is 1.75 bits per heavy atom. The number of hydrogen-bond donors (Lipinski definition) is 2. The second-order valence-electron chi connectivity index (χ2n) is 5.70. The minimum Gasteiger partial charge on any atom is -0.339 e. The van der Waals surface area contributed by atoms with Crippen LogP contribution in [-0.2, 0) is 0 Å². The molecule has 1 aromatic heterocycles. The maximum atomic E-state index is 4.47. The topological polar surface area (TPSA) is 62.7 Å². The van der Waals surface area contributed by atoms with Gasteiger partial charge in [0.15, 0.2) is 5.82 Å². The molecule has 122 valence electrons. The van der Waals surface area contributed by atoms with Crippen molar-refractivity contribution in [2.24, 2.45) is 0 Å². The third-order valence-corrected chi connectivity index (χ3v) is 4.49. The molecule has 0 atom stereocenters. The van der Waals surface area contributed by atoms with Crippen LogP contribution in [-0.4, -0.2) is 15.2 Å². The normalized spacial score (nSPS) is 10.5. The first-order valence-corrected chi connectivity index (χ1v) is 8.38. The highest BCUT2D eigenvalue weighted by molar-refractivity contribution is 9.10. The summed E-state index contributed by atoms with van der Waals surface area (Å²) >= 11 is 3.53. The van der Waals surface area contributed by atoms with Crippen molar-refractivity contribution < 1.29 is 0 Å². The van der Waals surface area contributed by atoms with E-state index in [2.05, 4.69) is 67.7 Å². The average Bonchev–Trinajstić information content (AvgIpc) is 2.54. The van der Waals surface area contributed by atoms with Gasteiger partial charge in [0.1, 0.15) is 0 Å². The van der Waals surface area contributed by atoms with E-state index < -0.39 is 0 Å². The second kappa shape index (κ2) is 6.97. The molecule has 6 heteroatoms. The number of benzene rings is 2. The summed E-state index contributed by atoms with van der Waals surface area (Å²) in [6.45, 7) is 6.17. The highest BCUT2D eigenvalue weighted by Crippen LogP contribution is 2.24. The first-order valence-electron chi connectivity index (χ1n) is 7.58. The van der Waals surface area contributed by atoms with E-state index in [1.54, 1.807) is 6.20 Å². The molecule has 1 heterocycles. The number of nitrogens with zero attached hydrogens (tertiary/aromatic N) is 3. The highest BCUT2D eigenvalue weighted by Gasteiger charge is 2.05. The predicted octanol–water partition coefficient (Wildman–Crippen LogP) is 5.05. The van der Waals surface area contributed by atoms with Crippen molar-refractivity contribution in [1.29, 1.82) is 0 Å². The molecule has 5 nitrogen and oxygen atoms in total. The zero-order valence-electron chi connectivity index (χ0n) is 13.8. The van der Waals surface area contributed by atoms with Crippen LogP contribution in [0.25, 0.3) is 0 Å². The van der Waals surface area contributed by atoms with E-state index in [9.17, 15) is 0 Å². The number of anilines is 4. The Morgan fingerprint density at radius 1 is 0.917 bits per heavy atom. The van der Waals surface area contributed by atoms with Gasteiger partial charge in [-0.3, -0.25) is 0 Å². The first-order chi connectivity index (χ1) is 11.5. The van der Waals surface area contributed by atoms with E-state index in [0.29, 0.717) is 11.8 Å². The fourth-order valence-electron chi connectivity index (χ4n) is 2.31. The smallest absolute Gasteiger partial charge is 0.249 e. The Labute approximate surface area is 149 Å². The van der Waals surface area contributed by atoms with E-state index in [1.807, 2.05) is 31.2 Å². The van der Waals surface area contributed by atoms with Crippen LogP contribution in [0.1, 0.15) is 16.7 Å². The first kappa shape index (κ1) is 16.4. The zero-order chi connectivity index (χ0) is 17.1. The van der Waals surface area contributed by atoms with Gasteiger partial charge in [-0.2, -0.15) is 10.1 Å². The number of rotatable bonds is 4. The van der Waals surface area contributed by atoms with Gasteiger partial charge in [-0.25, -0.2) is 0 Å². The van der Waals surface area contributed by atoms with E-state index in [0.717, 1.165) is 21.4 Å². The SMILES string of the molecule is Cc1ccc(Nc2nncc(Nc3ccc(C)c(Br)c3)n2)c(C)c1. The van der Waals surface area contributed by atoms with E-state index in [-0.39, 0.29) is 0 Å². The van der Waals surface area contributed by atoms with Crippen LogP contribution in [0.3, 0.4) is 0 Å². The predicted molar refractivity (Wildman–Crippen MR) is 101 cm³/mol. The number of aromatic nitrogens is 3. The largest absolute Gasteiger partial charge is 0.339 e. The third-order valence-electron chi connectivity index (χ3n) is 3.63. The Hall–Kier alpha value is -2.47. The molecule has 0 amide bonds. The van der Waals surface area contributed by atoms with Crippen molar-refractivity contribution in [2.75, 3.05) is 10.6 Å². The van der Waals surface area contributed by atoms with Gasteiger partial charge in [-0.15, -0.1) is 5.10 Å². The minimum absolute atomic E-state index is 0.457. The van der Waals surface area contributed by atoms with Gasteiger partial charge in [-0.1, -0.05) is 39.7 Å². The van der Waals surface area contributed by atoms with Crippen LogP contribution in [0, 0.1) is 20.8 Å². The molecule has 0 saturated carbocycles. The van der Waals surface area contributed by atoms with Crippen LogP contribution in [0.2, 0.25) is 0 Å². The van der Waals surface area contributed by atoms with Gasteiger partial charge in [0.25, 0.3) is 0 Å². The summed E-state index contributed by atoms with van der Waals surface area (Å²) in [5.74, 6) is 1.09. The summed E-state index contributed by atoms with van der Waals surface area (Å²) in [6.07, 6.45) is 1.60. The molecule has 24 heavy (non-hydrogen) atoms. The molecule has 0 aliphatic heterocycles. The number of halogens is 1. The van der Waals surface area contributed by atoms with Crippen LogP contribution in [0.15, 0.2) is 47.1 Å². The van der Waals surface area contributed by atoms with Gasteiger partial charge in [0.05, 0.1) is 6.20 Å². The van der Waals surface area contributed by atoms with Crippen molar-refractivity contribution in [2.45, 2.75) is 20.8 Å². The highest BCUT2D eigenvalue weighted by atomic mass is 79.9. The molecule has 0 aliphatic rings. The molecule has 0 aliphatic carbocycles.